The number of rotatable bonds is 2. The van der Waals surface area contributed by atoms with Gasteiger partial charge in [0.15, 0.2) is 11.6 Å². The van der Waals surface area contributed by atoms with Gasteiger partial charge in [0.2, 0.25) is 5.43 Å². The summed E-state index contributed by atoms with van der Waals surface area (Å²) in [5, 5.41) is 0.445. The molecule has 0 aliphatic carbocycles. The Balaban J connectivity index is 2.40. The van der Waals surface area contributed by atoms with Gasteiger partial charge in [-0.2, -0.15) is 0 Å². The molecule has 0 radical (unpaired) electrons. The maximum absolute atomic E-state index is 13.4. The molecule has 7 heteroatoms. The fourth-order valence-corrected chi connectivity index (χ4v) is 3.54. The van der Waals surface area contributed by atoms with Gasteiger partial charge in [-0.15, -0.1) is 11.8 Å². The van der Waals surface area contributed by atoms with Crippen LogP contribution in [0.15, 0.2) is 22.0 Å². The van der Waals surface area contributed by atoms with Crippen molar-refractivity contribution >= 4 is 28.6 Å². The lowest BCUT2D eigenvalue weighted by Crippen LogP contribution is -2.22. The van der Waals surface area contributed by atoms with Crippen molar-refractivity contribution in [2.45, 2.75) is 18.5 Å². The number of hydrogen-bond acceptors (Lipinski definition) is 4. The van der Waals surface area contributed by atoms with Gasteiger partial charge in [-0.05, 0) is 13.0 Å². The van der Waals surface area contributed by atoms with Crippen LogP contribution in [0, 0.1) is 11.6 Å². The van der Waals surface area contributed by atoms with Crippen molar-refractivity contribution in [2.24, 2.45) is 0 Å². The summed E-state index contributed by atoms with van der Waals surface area (Å²) in [5.74, 6) is -2.20. The number of carbonyl (C=O) groups excluding carboxylic acids is 1. The van der Waals surface area contributed by atoms with E-state index in [1.165, 1.54) is 11.8 Å². The molecule has 1 aliphatic heterocycles. The van der Waals surface area contributed by atoms with Crippen molar-refractivity contribution < 1.29 is 18.3 Å². The molecule has 110 valence electrons. The Kier molecular flexibility index (Phi) is 3.44. The van der Waals surface area contributed by atoms with E-state index in [-0.39, 0.29) is 17.6 Å². The molecule has 21 heavy (non-hydrogen) atoms. The molecule has 0 fully saturated rings. The van der Waals surface area contributed by atoms with E-state index in [0.717, 1.165) is 12.1 Å². The summed E-state index contributed by atoms with van der Waals surface area (Å²) in [5.41, 5.74) is -0.423. The molecule has 3 rings (SSSR count). The van der Waals surface area contributed by atoms with Crippen LogP contribution in [0.25, 0.3) is 10.9 Å². The lowest BCUT2D eigenvalue weighted by molar-refractivity contribution is 0.0519. The maximum Gasteiger partial charge on any atom is 0.344 e. The third kappa shape index (κ3) is 2.12. The fourth-order valence-electron chi connectivity index (χ4n) is 2.41. The molecule has 0 saturated carbocycles. The van der Waals surface area contributed by atoms with Gasteiger partial charge < -0.3 is 9.30 Å². The Labute approximate surface area is 122 Å². The van der Waals surface area contributed by atoms with Gasteiger partial charge in [-0.1, -0.05) is 0 Å². The van der Waals surface area contributed by atoms with E-state index in [1.54, 1.807) is 11.5 Å². The van der Waals surface area contributed by atoms with Crippen LogP contribution in [0.2, 0.25) is 0 Å². The smallest absolute Gasteiger partial charge is 0.344 e. The molecule has 0 unspecified atom stereocenters. The molecule has 2 heterocycles. The second-order valence-electron chi connectivity index (χ2n) is 4.51. The number of aromatic nitrogens is 1. The summed E-state index contributed by atoms with van der Waals surface area (Å²) in [6, 6.07) is 1.84. The number of fused-ring (bicyclic) bond motifs is 3. The molecule has 0 bridgehead atoms. The number of aryl methyl sites for hydroxylation is 1. The Morgan fingerprint density at radius 3 is 2.81 bits per heavy atom. The van der Waals surface area contributed by atoms with Gasteiger partial charge in [0.1, 0.15) is 5.56 Å². The number of pyridine rings is 1. The quantitative estimate of drug-likeness (QED) is 0.800. The molecule has 2 aromatic rings. The maximum atomic E-state index is 13.4. The summed E-state index contributed by atoms with van der Waals surface area (Å²) in [6.45, 7) is 2.30. The third-order valence-corrected chi connectivity index (χ3v) is 4.38. The number of nitrogens with zero attached hydrogens (tertiary/aromatic N) is 1. The fraction of sp³-hybridized carbons (Fsp3) is 0.286. The van der Waals surface area contributed by atoms with E-state index >= 15 is 0 Å². The van der Waals surface area contributed by atoms with Crippen molar-refractivity contribution in [3.05, 3.63) is 39.6 Å². The highest BCUT2D eigenvalue weighted by atomic mass is 32.2. The molecule has 0 atom stereocenters. The normalized spacial score (nSPS) is 13.5. The molecule has 0 amide bonds. The predicted octanol–water partition coefficient (Wildman–Crippen LogP) is 2.56. The Morgan fingerprint density at radius 1 is 1.38 bits per heavy atom. The lowest BCUT2D eigenvalue weighted by atomic mass is 10.1. The van der Waals surface area contributed by atoms with Crippen molar-refractivity contribution in [3.8, 4) is 0 Å². The zero-order valence-electron chi connectivity index (χ0n) is 11.1. The third-order valence-electron chi connectivity index (χ3n) is 3.29. The van der Waals surface area contributed by atoms with Crippen molar-refractivity contribution in [2.75, 3.05) is 12.4 Å². The van der Waals surface area contributed by atoms with Crippen molar-refractivity contribution in [3.63, 3.8) is 0 Å². The largest absolute Gasteiger partial charge is 0.462 e. The highest BCUT2D eigenvalue weighted by molar-refractivity contribution is 7.99. The van der Waals surface area contributed by atoms with Gasteiger partial charge in [0, 0.05) is 23.8 Å². The molecule has 0 N–H and O–H groups in total. The number of halogens is 2. The number of benzene rings is 1. The summed E-state index contributed by atoms with van der Waals surface area (Å²) in [4.78, 5) is 24.5. The molecule has 1 aliphatic rings. The molecule has 4 nitrogen and oxygen atoms in total. The zero-order chi connectivity index (χ0) is 15.1. The predicted molar refractivity (Wildman–Crippen MR) is 74.8 cm³/mol. The molecule has 0 saturated heterocycles. The minimum absolute atomic E-state index is 0.0109. The molecule has 0 spiro atoms. The standard InChI is InChI=1S/C14H11F2NO3S/c1-2-20-14(19)11-12(18)7-5-8(15)9(16)6-10(7)17-3-4-21-13(11)17/h5-6H,2-4H2,1H3. The van der Waals surface area contributed by atoms with Gasteiger partial charge in [0.05, 0.1) is 17.1 Å². The average Bonchev–Trinajstić information content (AvgIpc) is 2.90. The highest BCUT2D eigenvalue weighted by Crippen LogP contribution is 2.32. The van der Waals surface area contributed by atoms with Gasteiger partial charge in [-0.25, -0.2) is 13.6 Å². The first kappa shape index (κ1) is 14.1. The van der Waals surface area contributed by atoms with E-state index in [0.29, 0.717) is 22.8 Å². The number of esters is 1. The minimum Gasteiger partial charge on any atom is -0.462 e. The van der Waals surface area contributed by atoms with E-state index in [9.17, 15) is 18.4 Å². The second kappa shape index (κ2) is 5.14. The number of ether oxygens (including phenoxy) is 1. The lowest BCUT2D eigenvalue weighted by Gasteiger charge is -2.12. The molecular weight excluding hydrogens is 300 g/mol. The monoisotopic (exact) mass is 311 g/mol. The number of thioether (sulfide) groups is 1. The molecule has 1 aromatic carbocycles. The van der Waals surface area contributed by atoms with E-state index in [2.05, 4.69) is 0 Å². The summed E-state index contributed by atoms with van der Waals surface area (Å²) in [7, 11) is 0. The van der Waals surface area contributed by atoms with Crippen LogP contribution < -0.4 is 5.43 Å². The van der Waals surface area contributed by atoms with Crippen LogP contribution in [0.5, 0.6) is 0 Å². The van der Waals surface area contributed by atoms with Gasteiger partial charge >= 0.3 is 5.97 Å². The van der Waals surface area contributed by atoms with Crippen LogP contribution in [-0.4, -0.2) is 22.9 Å². The van der Waals surface area contributed by atoms with Crippen LogP contribution in [0.4, 0.5) is 8.78 Å². The van der Waals surface area contributed by atoms with Gasteiger partial charge in [-0.3, -0.25) is 4.79 Å². The van der Waals surface area contributed by atoms with E-state index in [1.807, 2.05) is 0 Å². The molecular formula is C14H11F2NO3S. The van der Waals surface area contributed by atoms with Crippen LogP contribution in [0.1, 0.15) is 17.3 Å². The Hall–Kier alpha value is -1.89. The van der Waals surface area contributed by atoms with Crippen LogP contribution >= 0.6 is 11.8 Å². The van der Waals surface area contributed by atoms with Crippen LogP contribution in [0.3, 0.4) is 0 Å². The average molecular weight is 311 g/mol. The summed E-state index contributed by atoms with van der Waals surface area (Å²) >= 11 is 1.33. The first-order valence-electron chi connectivity index (χ1n) is 6.40. The SMILES string of the molecule is CCOC(=O)c1c2n(c3cc(F)c(F)cc3c1=O)CCS2. The Morgan fingerprint density at radius 2 is 2.10 bits per heavy atom. The molecule has 1 aromatic heterocycles. The minimum atomic E-state index is -1.11. The first-order valence-corrected chi connectivity index (χ1v) is 7.38. The number of carbonyl (C=O) groups is 1. The van der Waals surface area contributed by atoms with Gasteiger partial charge in [0.25, 0.3) is 0 Å². The van der Waals surface area contributed by atoms with Crippen molar-refractivity contribution in [1.82, 2.24) is 4.57 Å². The topological polar surface area (TPSA) is 48.3 Å². The van der Waals surface area contributed by atoms with E-state index < -0.39 is 23.0 Å². The summed E-state index contributed by atoms with van der Waals surface area (Å²) in [6.07, 6.45) is 0. The van der Waals surface area contributed by atoms with E-state index in [4.69, 9.17) is 4.74 Å². The van der Waals surface area contributed by atoms with Crippen LogP contribution in [-0.2, 0) is 11.3 Å². The summed E-state index contributed by atoms with van der Waals surface area (Å²) < 4.78 is 33.4. The first-order chi connectivity index (χ1) is 10.0. The zero-order valence-corrected chi connectivity index (χ0v) is 11.9. The number of hydrogen-bond donors (Lipinski definition) is 0. The van der Waals surface area contributed by atoms with Crippen molar-refractivity contribution in [1.29, 1.82) is 0 Å². The second-order valence-corrected chi connectivity index (χ2v) is 5.60. The highest BCUT2D eigenvalue weighted by Gasteiger charge is 2.27. The Bertz CT molecular complexity index is 816.